The van der Waals surface area contributed by atoms with E-state index in [1.165, 1.54) is 11.1 Å². The summed E-state index contributed by atoms with van der Waals surface area (Å²) in [5.74, 6) is 1.57. The van der Waals surface area contributed by atoms with E-state index in [9.17, 15) is 0 Å². The van der Waals surface area contributed by atoms with Crippen LogP contribution in [0.1, 0.15) is 27.8 Å². The topological polar surface area (TPSA) is 22.1 Å². The normalized spacial score (nSPS) is 10.6. The van der Waals surface area contributed by atoms with E-state index < -0.39 is 0 Å². The van der Waals surface area contributed by atoms with Crippen LogP contribution >= 0.6 is 15.9 Å². The Hall–Kier alpha value is -1.35. The van der Waals surface area contributed by atoms with E-state index in [0.717, 1.165) is 27.8 Å². The van der Waals surface area contributed by atoms with Gasteiger partial charge in [0.1, 0.15) is 5.75 Å². The zero-order valence-electron chi connectivity index (χ0n) is 11.7. The van der Waals surface area contributed by atoms with Crippen molar-refractivity contribution in [3.05, 3.63) is 52.2 Å². The number of aromatic nitrogens is 1. The maximum Gasteiger partial charge on any atom is 0.222 e. The zero-order chi connectivity index (χ0) is 14.0. The first-order valence-corrected chi connectivity index (χ1v) is 7.40. The SMILES string of the molecule is Cc1cc(C)c(C)c(Oc2ncc(CBr)cc2C)c1. The molecule has 0 N–H and O–H groups in total. The molecule has 0 bridgehead atoms. The molecule has 0 unspecified atom stereocenters. The number of nitrogens with zero attached hydrogens (tertiary/aromatic N) is 1. The molecule has 1 heterocycles. The van der Waals surface area contributed by atoms with Gasteiger partial charge < -0.3 is 4.74 Å². The van der Waals surface area contributed by atoms with Crippen LogP contribution in [0, 0.1) is 27.7 Å². The first-order chi connectivity index (χ1) is 9.01. The molecule has 0 radical (unpaired) electrons. The molecular formula is C16H18BrNO. The molecule has 0 aliphatic rings. The van der Waals surface area contributed by atoms with E-state index in [4.69, 9.17) is 4.74 Å². The lowest BCUT2D eigenvalue weighted by atomic mass is 10.1. The molecule has 1 aromatic heterocycles. The quantitative estimate of drug-likeness (QED) is 0.742. The predicted octanol–water partition coefficient (Wildman–Crippen LogP) is 5.00. The van der Waals surface area contributed by atoms with Gasteiger partial charge in [0.25, 0.3) is 0 Å². The van der Waals surface area contributed by atoms with Gasteiger partial charge in [0, 0.05) is 17.1 Å². The van der Waals surface area contributed by atoms with Gasteiger partial charge in [-0.3, -0.25) is 0 Å². The van der Waals surface area contributed by atoms with Crippen molar-refractivity contribution in [1.82, 2.24) is 4.98 Å². The third-order valence-electron chi connectivity index (χ3n) is 3.21. The van der Waals surface area contributed by atoms with Crippen LogP contribution in [0.3, 0.4) is 0 Å². The molecule has 2 aromatic rings. The molecule has 1 aromatic carbocycles. The fraction of sp³-hybridized carbons (Fsp3) is 0.312. The zero-order valence-corrected chi connectivity index (χ0v) is 13.3. The Labute approximate surface area is 123 Å². The molecule has 0 aliphatic heterocycles. The van der Waals surface area contributed by atoms with E-state index in [-0.39, 0.29) is 0 Å². The number of aryl methyl sites for hydroxylation is 3. The summed E-state index contributed by atoms with van der Waals surface area (Å²) in [6, 6.07) is 6.31. The second-order valence-electron chi connectivity index (χ2n) is 4.91. The Bertz CT molecular complexity index is 608. The summed E-state index contributed by atoms with van der Waals surface area (Å²) >= 11 is 3.43. The fourth-order valence-corrected chi connectivity index (χ4v) is 2.32. The van der Waals surface area contributed by atoms with Gasteiger partial charge in [-0.05, 0) is 62.1 Å². The lowest BCUT2D eigenvalue weighted by Gasteiger charge is -2.13. The van der Waals surface area contributed by atoms with Crippen molar-refractivity contribution >= 4 is 15.9 Å². The van der Waals surface area contributed by atoms with E-state index in [2.05, 4.69) is 59.9 Å². The second kappa shape index (κ2) is 5.74. The standard InChI is InChI=1S/C16H18BrNO/c1-10-5-11(2)13(4)15(6-10)19-16-12(3)7-14(8-17)9-18-16/h5-7,9H,8H2,1-4H3. The highest BCUT2D eigenvalue weighted by atomic mass is 79.9. The molecule has 0 amide bonds. The minimum absolute atomic E-state index is 0.679. The summed E-state index contributed by atoms with van der Waals surface area (Å²) in [6.07, 6.45) is 1.84. The van der Waals surface area contributed by atoms with Crippen LogP contribution in [0.25, 0.3) is 0 Å². The molecule has 0 saturated heterocycles. The molecule has 0 spiro atoms. The van der Waals surface area contributed by atoms with Crippen molar-refractivity contribution < 1.29 is 4.74 Å². The van der Waals surface area contributed by atoms with Crippen LogP contribution in [-0.4, -0.2) is 4.98 Å². The lowest BCUT2D eigenvalue weighted by Crippen LogP contribution is -1.96. The van der Waals surface area contributed by atoms with E-state index in [0.29, 0.717) is 5.88 Å². The Morgan fingerprint density at radius 2 is 1.79 bits per heavy atom. The van der Waals surface area contributed by atoms with E-state index in [1.807, 2.05) is 13.1 Å². The van der Waals surface area contributed by atoms with E-state index >= 15 is 0 Å². The van der Waals surface area contributed by atoms with E-state index in [1.54, 1.807) is 0 Å². The number of ether oxygens (including phenoxy) is 1. The van der Waals surface area contributed by atoms with Gasteiger partial charge in [-0.2, -0.15) is 0 Å². The summed E-state index contributed by atoms with van der Waals surface area (Å²) in [5, 5.41) is 0.809. The van der Waals surface area contributed by atoms with Gasteiger partial charge in [0.05, 0.1) is 0 Å². The third-order valence-corrected chi connectivity index (χ3v) is 3.86. The highest BCUT2D eigenvalue weighted by Crippen LogP contribution is 2.29. The Balaban J connectivity index is 2.36. The molecule has 3 heteroatoms. The Kier molecular flexibility index (Phi) is 4.25. The summed E-state index contributed by atoms with van der Waals surface area (Å²) < 4.78 is 5.97. The van der Waals surface area contributed by atoms with Crippen LogP contribution in [0.4, 0.5) is 0 Å². The minimum Gasteiger partial charge on any atom is -0.438 e. The van der Waals surface area contributed by atoms with Crippen molar-refractivity contribution in [2.24, 2.45) is 0 Å². The van der Waals surface area contributed by atoms with Crippen molar-refractivity contribution in [3.8, 4) is 11.6 Å². The maximum absolute atomic E-state index is 5.97. The number of halogens is 1. The van der Waals surface area contributed by atoms with Crippen LogP contribution in [0.2, 0.25) is 0 Å². The molecule has 19 heavy (non-hydrogen) atoms. The van der Waals surface area contributed by atoms with Crippen LogP contribution in [0.5, 0.6) is 11.6 Å². The van der Waals surface area contributed by atoms with Gasteiger partial charge in [0.2, 0.25) is 5.88 Å². The summed E-state index contributed by atoms with van der Waals surface area (Å²) in [6.45, 7) is 8.27. The maximum atomic E-state index is 5.97. The van der Waals surface area contributed by atoms with Crippen molar-refractivity contribution in [1.29, 1.82) is 0 Å². The van der Waals surface area contributed by atoms with Crippen LogP contribution < -0.4 is 4.74 Å². The van der Waals surface area contributed by atoms with Gasteiger partial charge in [0.15, 0.2) is 0 Å². The smallest absolute Gasteiger partial charge is 0.222 e. The Morgan fingerprint density at radius 3 is 2.42 bits per heavy atom. The lowest BCUT2D eigenvalue weighted by molar-refractivity contribution is 0.454. The molecule has 0 atom stereocenters. The Morgan fingerprint density at radius 1 is 1.05 bits per heavy atom. The minimum atomic E-state index is 0.679. The number of benzene rings is 1. The van der Waals surface area contributed by atoms with Gasteiger partial charge in [-0.1, -0.05) is 22.0 Å². The fourth-order valence-electron chi connectivity index (χ4n) is 2.01. The van der Waals surface area contributed by atoms with Crippen molar-refractivity contribution in [2.75, 3.05) is 0 Å². The second-order valence-corrected chi connectivity index (χ2v) is 5.47. The molecule has 0 fully saturated rings. The third kappa shape index (κ3) is 3.16. The predicted molar refractivity (Wildman–Crippen MR) is 82.3 cm³/mol. The van der Waals surface area contributed by atoms with Crippen molar-refractivity contribution in [2.45, 2.75) is 33.0 Å². The largest absolute Gasteiger partial charge is 0.438 e. The summed E-state index contributed by atoms with van der Waals surface area (Å²) in [4.78, 5) is 4.39. The molecule has 100 valence electrons. The first kappa shape index (κ1) is 14.1. The number of hydrogen-bond donors (Lipinski definition) is 0. The number of pyridine rings is 1. The highest BCUT2D eigenvalue weighted by molar-refractivity contribution is 9.08. The average Bonchev–Trinajstić information content (AvgIpc) is 2.37. The number of alkyl halides is 1. The molecule has 0 saturated carbocycles. The highest BCUT2D eigenvalue weighted by Gasteiger charge is 2.08. The van der Waals surface area contributed by atoms with Gasteiger partial charge in [-0.15, -0.1) is 0 Å². The van der Waals surface area contributed by atoms with Crippen LogP contribution in [-0.2, 0) is 5.33 Å². The average molecular weight is 320 g/mol. The number of rotatable bonds is 3. The number of hydrogen-bond acceptors (Lipinski definition) is 2. The monoisotopic (exact) mass is 319 g/mol. The summed E-state index contributed by atoms with van der Waals surface area (Å²) in [5.41, 5.74) is 5.81. The molecule has 0 aliphatic carbocycles. The first-order valence-electron chi connectivity index (χ1n) is 6.28. The van der Waals surface area contributed by atoms with Crippen LogP contribution in [0.15, 0.2) is 24.4 Å². The van der Waals surface area contributed by atoms with Gasteiger partial charge >= 0.3 is 0 Å². The summed E-state index contributed by atoms with van der Waals surface area (Å²) in [7, 11) is 0. The van der Waals surface area contributed by atoms with Crippen molar-refractivity contribution in [3.63, 3.8) is 0 Å². The molecular weight excluding hydrogens is 302 g/mol. The molecule has 2 nitrogen and oxygen atoms in total. The van der Waals surface area contributed by atoms with Gasteiger partial charge in [-0.25, -0.2) is 4.98 Å². The molecule has 2 rings (SSSR count).